The molecule has 0 unspecified atom stereocenters. The Morgan fingerprint density at radius 2 is 1.84 bits per heavy atom. The van der Waals surface area contributed by atoms with Gasteiger partial charge in [0.1, 0.15) is 12.1 Å². The number of carbonyl (C=O) groups is 2. The van der Waals surface area contributed by atoms with E-state index in [1.54, 1.807) is 0 Å². The van der Waals surface area contributed by atoms with Crippen LogP contribution in [-0.2, 0) is 14.3 Å². The largest absolute Gasteiger partial charge is 0.367 e. The van der Waals surface area contributed by atoms with Gasteiger partial charge in [-0.15, -0.1) is 0 Å². The Morgan fingerprint density at radius 3 is 2.48 bits per heavy atom. The topological polar surface area (TPSA) is 58.6 Å². The summed E-state index contributed by atoms with van der Waals surface area (Å²) in [6.07, 6.45) is 4.16. The molecule has 1 saturated heterocycles. The van der Waals surface area contributed by atoms with Crippen LogP contribution in [0.5, 0.6) is 0 Å². The fraction of sp³-hybridized carbons (Fsp3) is 0.600. The summed E-state index contributed by atoms with van der Waals surface area (Å²) in [6.45, 7) is 4.60. The predicted molar refractivity (Wildman–Crippen MR) is 95.9 cm³/mol. The molecule has 1 aliphatic heterocycles. The van der Waals surface area contributed by atoms with Gasteiger partial charge in [-0.25, -0.2) is 0 Å². The summed E-state index contributed by atoms with van der Waals surface area (Å²) in [7, 11) is 0. The average Bonchev–Trinajstić information content (AvgIpc) is 3.13. The molecular weight excluding hydrogens is 316 g/mol. The monoisotopic (exact) mass is 344 g/mol. The Kier molecular flexibility index (Phi) is 5.74. The first-order valence-electron chi connectivity index (χ1n) is 9.31. The van der Waals surface area contributed by atoms with Crippen LogP contribution in [0.4, 0.5) is 0 Å². The van der Waals surface area contributed by atoms with Crippen molar-refractivity contribution in [1.29, 1.82) is 0 Å². The van der Waals surface area contributed by atoms with E-state index in [-0.39, 0.29) is 29.9 Å². The third-order valence-electron chi connectivity index (χ3n) is 5.24. The number of ether oxygens (including phenoxy) is 1. The lowest BCUT2D eigenvalue weighted by Crippen LogP contribution is -2.55. The molecule has 1 aromatic carbocycles. The number of benzene rings is 1. The van der Waals surface area contributed by atoms with E-state index in [0.29, 0.717) is 13.1 Å². The number of rotatable bonds is 4. The molecule has 0 spiro atoms. The summed E-state index contributed by atoms with van der Waals surface area (Å²) in [5.74, 6) is 0.161. The Hall–Kier alpha value is -1.88. The molecule has 25 heavy (non-hydrogen) atoms. The molecule has 5 nitrogen and oxygen atoms in total. The van der Waals surface area contributed by atoms with Crippen LogP contribution in [0.25, 0.3) is 0 Å². The predicted octanol–water partition coefficient (Wildman–Crippen LogP) is 2.67. The molecule has 2 aliphatic rings. The third-order valence-corrected chi connectivity index (χ3v) is 5.24. The Labute approximate surface area is 149 Å². The SMILES string of the molecule is CC(=O)N[C@H](C(=O)N1C[C@H](C)O[C@@H](c2ccccc2)C1)C1CCCC1. The lowest BCUT2D eigenvalue weighted by molar-refractivity contribution is -0.149. The van der Waals surface area contributed by atoms with Crippen molar-refractivity contribution in [3.8, 4) is 0 Å². The van der Waals surface area contributed by atoms with Gasteiger partial charge >= 0.3 is 0 Å². The number of hydrogen-bond acceptors (Lipinski definition) is 3. The molecule has 136 valence electrons. The molecule has 0 aromatic heterocycles. The molecule has 1 heterocycles. The van der Waals surface area contributed by atoms with Gasteiger partial charge in [-0.2, -0.15) is 0 Å². The smallest absolute Gasteiger partial charge is 0.245 e. The minimum absolute atomic E-state index is 0.0236. The van der Waals surface area contributed by atoms with Crippen molar-refractivity contribution >= 4 is 11.8 Å². The van der Waals surface area contributed by atoms with Crippen LogP contribution in [0.1, 0.15) is 51.2 Å². The van der Waals surface area contributed by atoms with Crippen LogP contribution in [0.15, 0.2) is 30.3 Å². The molecule has 1 saturated carbocycles. The van der Waals surface area contributed by atoms with Crippen molar-refractivity contribution in [2.24, 2.45) is 5.92 Å². The van der Waals surface area contributed by atoms with E-state index in [4.69, 9.17) is 4.74 Å². The van der Waals surface area contributed by atoms with Gasteiger partial charge in [-0.05, 0) is 31.2 Å². The highest BCUT2D eigenvalue weighted by atomic mass is 16.5. The highest BCUT2D eigenvalue weighted by Gasteiger charge is 2.37. The second-order valence-corrected chi connectivity index (χ2v) is 7.31. The van der Waals surface area contributed by atoms with Gasteiger partial charge in [-0.3, -0.25) is 9.59 Å². The van der Waals surface area contributed by atoms with Crippen LogP contribution < -0.4 is 5.32 Å². The molecule has 1 aromatic rings. The average molecular weight is 344 g/mol. The number of nitrogens with one attached hydrogen (secondary N) is 1. The molecule has 5 heteroatoms. The summed E-state index contributed by atoms with van der Waals surface area (Å²) in [4.78, 5) is 26.7. The fourth-order valence-corrected chi connectivity index (χ4v) is 4.07. The zero-order chi connectivity index (χ0) is 17.8. The van der Waals surface area contributed by atoms with Gasteiger partial charge < -0.3 is 15.0 Å². The van der Waals surface area contributed by atoms with E-state index < -0.39 is 6.04 Å². The summed E-state index contributed by atoms with van der Waals surface area (Å²) in [6, 6.07) is 9.62. The van der Waals surface area contributed by atoms with Crippen LogP contribution in [0.3, 0.4) is 0 Å². The fourth-order valence-electron chi connectivity index (χ4n) is 4.07. The first-order chi connectivity index (χ1) is 12.0. The standard InChI is InChI=1S/C20H28N2O3/c1-14-12-22(13-18(25-14)16-8-4-3-5-9-16)20(24)19(21-15(2)23)17-10-6-7-11-17/h3-5,8-9,14,17-19H,6-7,10-13H2,1-2H3,(H,21,23)/t14-,18+,19-/m0/s1. The quantitative estimate of drug-likeness (QED) is 0.913. The minimum Gasteiger partial charge on any atom is -0.367 e. The Bertz CT molecular complexity index is 598. The van der Waals surface area contributed by atoms with E-state index in [2.05, 4.69) is 5.32 Å². The molecule has 3 rings (SSSR count). The maximum absolute atomic E-state index is 13.2. The maximum Gasteiger partial charge on any atom is 0.245 e. The number of nitrogens with zero attached hydrogens (tertiary/aromatic N) is 1. The highest BCUT2D eigenvalue weighted by molar-refractivity contribution is 5.87. The van der Waals surface area contributed by atoms with Gasteiger partial charge in [0, 0.05) is 13.5 Å². The molecule has 0 bridgehead atoms. The lowest BCUT2D eigenvalue weighted by Gasteiger charge is -2.39. The Balaban J connectivity index is 1.75. The van der Waals surface area contributed by atoms with Crippen molar-refractivity contribution < 1.29 is 14.3 Å². The normalized spacial score (nSPS) is 25.6. The maximum atomic E-state index is 13.2. The highest BCUT2D eigenvalue weighted by Crippen LogP contribution is 2.31. The molecule has 3 atom stereocenters. The van der Waals surface area contributed by atoms with Crippen LogP contribution in [0.2, 0.25) is 0 Å². The second kappa shape index (κ2) is 8.00. The Morgan fingerprint density at radius 1 is 1.16 bits per heavy atom. The van der Waals surface area contributed by atoms with Gasteiger partial charge in [-0.1, -0.05) is 43.2 Å². The first-order valence-corrected chi connectivity index (χ1v) is 9.31. The van der Waals surface area contributed by atoms with Crippen molar-refractivity contribution in [3.63, 3.8) is 0 Å². The van der Waals surface area contributed by atoms with Gasteiger partial charge in [0.2, 0.25) is 11.8 Å². The molecular formula is C20H28N2O3. The number of carbonyl (C=O) groups excluding carboxylic acids is 2. The van der Waals surface area contributed by atoms with Crippen LogP contribution in [-0.4, -0.2) is 41.9 Å². The van der Waals surface area contributed by atoms with E-state index in [1.807, 2.05) is 42.2 Å². The first kappa shape index (κ1) is 17.9. The van der Waals surface area contributed by atoms with E-state index in [9.17, 15) is 9.59 Å². The summed E-state index contributed by atoms with van der Waals surface area (Å²) in [5.41, 5.74) is 1.09. The van der Waals surface area contributed by atoms with E-state index in [0.717, 1.165) is 31.2 Å². The molecule has 1 N–H and O–H groups in total. The lowest BCUT2D eigenvalue weighted by atomic mass is 9.95. The molecule has 2 amide bonds. The van der Waals surface area contributed by atoms with Gasteiger partial charge in [0.05, 0.1) is 12.6 Å². The summed E-state index contributed by atoms with van der Waals surface area (Å²) in [5, 5.41) is 2.92. The number of hydrogen-bond donors (Lipinski definition) is 1. The van der Waals surface area contributed by atoms with E-state index in [1.165, 1.54) is 6.92 Å². The van der Waals surface area contributed by atoms with Crippen molar-refractivity contribution in [2.45, 2.75) is 57.8 Å². The number of morpholine rings is 1. The molecule has 2 fully saturated rings. The number of amides is 2. The minimum atomic E-state index is -0.401. The van der Waals surface area contributed by atoms with Gasteiger partial charge in [0.25, 0.3) is 0 Å². The van der Waals surface area contributed by atoms with Crippen molar-refractivity contribution in [2.75, 3.05) is 13.1 Å². The molecule has 0 radical (unpaired) electrons. The van der Waals surface area contributed by atoms with Crippen LogP contribution in [0, 0.1) is 5.92 Å². The van der Waals surface area contributed by atoms with Crippen molar-refractivity contribution in [3.05, 3.63) is 35.9 Å². The zero-order valence-corrected chi connectivity index (χ0v) is 15.1. The summed E-state index contributed by atoms with van der Waals surface area (Å²) >= 11 is 0. The summed E-state index contributed by atoms with van der Waals surface area (Å²) < 4.78 is 6.06. The van der Waals surface area contributed by atoms with E-state index >= 15 is 0 Å². The molecule has 1 aliphatic carbocycles. The zero-order valence-electron chi connectivity index (χ0n) is 15.1. The van der Waals surface area contributed by atoms with Crippen LogP contribution >= 0.6 is 0 Å². The van der Waals surface area contributed by atoms with Crippen molar-refractivity contribution in [1.82, 2.24) is 10.2 Å². The van der Waals surface area contributed by atoms with Gasteiger partial charge in [0.15, 0.2) is 0 Å². The second-order valence-electron chi connectivity index (χ2n) is 7.31. The third kappa shape index (κ3) is 4.40.